The molecular formula is C13H16FNO. The maximum atomic E-state index is 13.7. The summed E-state index contributed by atoms with van der Waals surface area (Å²) in [5, 5.41) is 0. The molecule has 86 valence electrons. The van der Waals surface area contributed by atoms with E-state index in [0.29, 0.717) is 0 Å². The van der Waals surface area contributed by atoms with Crippen molar-refractivity contribution in [3.05, 3.63) is 35.1 Å². The summed E-state index contributed by atoms with van der Waals surface area (Å²) in [7, 11) is 0. The number of carbonyl (C=O) groups excluding carboxylic acids is 1. The number of likely N-dealkylation sites (tertiary alicyclic amines) is 1. The fourth-order valence-corrected chi connectivity index (χ4v) is 2.04. The number of aryl methyl sites for hydroxylation is 1. The van der Waals surface area contributed by atoms with Crippen molar-refractivity contribution in [1.82, 2.24) is 4.90 Å². The molecule has 2 rings (SSSR count). The molecule has 3 heteroatoms. The lowest BCUT2D eigenvalue weighted by Gasteiger charge is -2.15. The molecule has 1 aromatic carbocycles. The highest BCUT2D eigenvalue weighted by atomic mass is 19.1. The molecule has 1 aliphatic heterocycles. The summed E-state index contributed by atoms with van der Waals surface area (Å²) in [5.41, 5.74) is 1.13. The summed E-state index contributed by atoms with van der Waals surface area (Å²) in [6, 6.07) is 4.89. The second kappa shape index (κ2) is 4.64. The number of nitrogens with zero attached hydrogens (tertiary/aromatic N) is 1. The van der Waals surface area contributed by atoms with Crippen LogP contribution in [-0.2, 0) is 6.42 Å². The SMILES string of the molecule is CCc1ccc(C(=O)N2CCCC2)c(F)c1. The molecule has 0 saturated carbocycles. The Kier molecular flexibility index (Phi) is 3.22. The van der Waals surface area contributed by atoms with Crippen molar-refractivity contribution in [3.8, 4) is 0 Å². The number of carbonyl (C=O) groups is 1. The molecule has 0 aromatic heterocycles. The highest BCUT2D eigenvalue weighted by molar-refractivity contribution is 5.94. The fraction of sp³-hybridized carbons (Fsp3) is 0.462. The second-order valence-corrected chi connectivity index (χ2v) is 4.17. The van der Waals surface area contributed by atoms with Gasteiger partial charge in [0.05, 0.1) is 5.56 Å². The lowest BCUT2D eigenvalue weighted by Crippen LogP contribution is -2.28. The van der Waals surface area contributed by atoms with Gasteiger partial charge in [-0.2, -0.15) is 0 Å². The normalized spacial score (nSPS) is 15.5. The zero-order chi connectivity index (χ0) is 11.5. The summed E-state index contributed by atoms with van der Waals surface area (Å²) in [6.07, 6.45) is 2.84. The van der Waals surface area contributed by atoms with Crippen molar-refractivity contribution >= 4 is 5.91 Å². The van der Waals surface area contributed by atoms with Crippen LogP contribution >= 0.6 is 0 Å². The average Bonchev–Trinajstić information content (AvgIpc) is 2.81. The number of amides is 1. The van der Waals surface area contributed by atoms with E-state index in [-0.39, 0.29) is 11.5 Å². The van der Waals surface area contributed by atoms with Crippen molar-refractivity contribution in [2.24, 2.45) is 0 Å². The summed E-state index contributed by atoms with van der Waals surface area (Å²) < 4.78 is 13.7. The molecule has 0 spiro atoms. The summed E-state index contributed by atoms with van der Waals surface area (Å²) >= 11 is 0. The van der Waals surface area contributed by atoms with Crippen LogP contribution in [0.5, 0.6) is 0 Å². The smallest absolute Gasteiger partial charge is 0.256 e. The van der Waals surface area contributed by atoms with E-state index < -0.39 is 5.82 Å². The fourth-order valence-electron chi connectivity index (χ4n) is 2.04. The molecule has 1 fully saturated rings. The van der Waals surface area contributed by atoms with Crippen molar-refractivity contribution in [3.63, 3.8) is 0 Å². The maximum Gasteiger partial charge on any atom is 0.256 e. The molecule has 0 bridgehead atoms. The molecule has 1 amide bonds. The standard InChI is InChI=1S/C13H16FNO/c1-2-10-5-6-11(12(14)9-10)13(16)15-7-3-4-8-15/h5-6,9H,2-4,7-8H2,1H3. The van der Waals surface area contributed by atoms with Gasteiger partial charge in [0.25, 0.3) is 5.91 Å². The topological polar surface area (TPSA) is 20.3 Å². The van der Waals surface area contributed by atoms with Crippen LogP contribution in [0.2, 0.25) is 0 Å². The molecule has 0 N–H and O–H groups in total. The highest BCUT2D eigenvalue weighted by Crippen LogP contribution is 2.16. The van der Waals surface area contributed by atoms with Crippen molar-refractivity contribution in [1.29, 1.82) is 0 Å². The van der Waals surface area contributed by atoms with Crippen LogP contribution in [0, 0.1) is 5.82 Å². The largest absolute Gasteiger partial charge is 0.339 e. The Morgan fingerprint density at radius 2 is 2.06 bits per heavy atom. The monoisotopic (exact) mass is 221 g/mol. The molecule has 1 aliphatic rings. The Labute approximate surface area is 95.1 Å². The van der Waals surface area contributed by atoms with Crippen LogP contribution in [0.15, 0.2) is 18.2 Å². The van der Waals surface area contributed by atoms with Crippen LogP contribution in [0.4, 0.5) is 4.39 Å². The van der Waals surface area contributed by atoms with E-state index in [1.54, 1.807) is 11.0 Å². The van der Waals surface area contributed by atoms with Gasteiger partial charge < -0.3 is 4.90 Å². The van der Waals surface area contributed by atoms with Crippen LogP contribution in [0.25, 0.3) is 0 Å². The summed E-state index contributed by atoms with van der Waals surface area (Å²) in [5.74, 6) is -0.561. The Morgan fingerprint density at radius 3 is 2.62 bits per heavy atom. The Morgan fingerprint density at radius 1 is 1.38 bits per heavy atom. The molecule has 2 nitrogen and oxygen atoms in total. The molecule has 1 saturated heterocycles. The second-order valence-electron chi connectivity index (χ2n) is 4.17. The molecule has 1 aromatic rings. The first-order chi connectivity index (χ1) is 7.72. The molecule has 1 heterocycles. The number of halogens is 1. The highest BCUT2D eigenvalue weighted by Gasteiger charge is 2.21. The van der Waals surface area contributed by atoms with Gasteiger partial charge in [-0.05, 0) is 37.0 Å². The Balaban J connectivity index is 2.22. The predicted molar refractivity (Wildman–Crippen MR) is 60.9 cm³/mol. The van der Waals surface area contributed by atoms with Gasteiger partial charge >= 0.3 is 0 Å². The van der Waals surface area contributed by atoms with Crippen LogP contribution < -0.4 is 0 Å². The number of hydrogen-bond donors (Lipinski definition) is 0. The lowest BCUT2D eigenvalue weighted by molar-refractivity contribution is 0.0788. The molecule has 16 heavy (non-hydrogen) atoms. The van der Waals surface area contributed by atoms with Gasteiger partial charge in [-0.3, -0.25) is 4.79 Å². The van der Waals surface area contributed by atoms with Gasteiger partial charge in [0, 0.05) is 13.1 Å². The van der Waals surface area contributed by atoms with E-state index in [1.807, 2.05) is 13.0 Å². The van der Waals surface area contributed by atoms with E-state index in [4.69, 9.17) is 0 Å². The average molecular weight is 221 g/mol. The molecular weight excluding hydrogens is 205 g/mol. The van der Waals surface area contributed by atoms with E-state index in [9.17, 15) is 9.18 Å². The third-order valence-electron chi connectivity index (χ3n) is 3.07. The van der Waals surface area contributed by atoms with Crippen molar-refractivity contribution in [2.75, 3.05) is 13.1 Å². The van der Waals surface area contributed by atoms with Gasteiger partial charge in [-0.1, -0.05) is 13.0 Å². The number of benzene rings is 1. The van der Waals surface area contributed by atoms with Gasteiger partial charge in [-0.15, -0.1) is 0 Å². The molecule has 0 atom stereocenters. The predicted octanol–water partition coefficient (Wildman–Crippen LogP) is 2.62. The third-order valence-corrected chi connectivity index (χ3v) is 3.07. The van der Waals surface area contributed by atoms with Crippen molar-refractivity contribution < 1.29 is 9.18 Å². The molecule has 0 aliphatic carbocycles. The Hall–Kier alpha value is -1.38. The van der Waals surface area contributed by atoms with E-state index in [1.165, 1.54) is 6.07 Å². The first-order valence-corrected chi connectivity index (χ1v) is 5.80. The van der Waals surface area contributed by atoms with Crippen LogP contribution in [-0.4, -0.2) is 23.9 Å². The zero-order valence-corrected chi connectivity index (χ0v) is 9.50. The van der Waals surface area contributed by atoms with Crippen LogP contribution in [0.1, 0.15) is 35.7 Å². The van der Waals surface area contributed by atoms with Crippen molar-refractivity contribution in [2.45, 2.75) is 26.2 Å². The van der Waals surface area contributed by atoms with Gasteiger partial charge in [0.15, 0.2) is 0 Å². The van der Waals surface area contributed by atoms with Gasteiger partial charge in [0.1, 0.15) is 5.82 Å². The maximum absolute atomic E-state index is 13.7. The van der Waals surface area contributed by atoms with Crippen LogP contribution in [0.3, 0.4) is 0 Å². The Bertz CT molecular complexity index is 397. The lowest BCUT2D eigenvalue weighted by atomic mass is 10.1. The zero-order valence-electron chi connectivity index (χ0n) is 9.50. The first-order valence-electron chi connectivity index (χ1n) is 5.80. The minimum Gasteiger partial charge on any atom is -0.339 e. The quantitative estimate of drug-likeness (QED) is 0.751. The van der Waals surface area contributed by atoms with E-state index >= 15 is 0 Å². The minimum absolute atomic E-state index is 0.169. The van der Waals surface area contributed by atoms with Gasteiger partial charge in [-0.25, -0.2) is 4.39 Å². The molecule has 0 unspecified atom stereocenters. The van der Waals surface area contributed by atoms with E-state index in [0.717, 1.165) is 37.9 Å². The third kappa shape index (κ3) is 2.08. The summed E-state index contributed by atoms with van der Waals surface area (Å²) in [4.78, 5) is 13.7. The van der Waals surface area contributed by atoms with Gasteiger partial charge in [0.2, 0.25) is 0 Å². The summed E-state index contributed by atoms with van der Waals surface area (Å²) in [6.45, 7) is 3.48. The number of rotatable bonds is 2. The van der Waals surface area contributed by atoms with E-state index in [2.05, 4.69) is 0 Å². The molecule has 0 radical (unpaired) electrons. The first kappa shape index (κ1) is 11.1. The minimum atomic E-state index is -0.392. The number of hydrogen-bond acceptors (Lipinski definition) is 1.